The first-order valence-corrected chi connectivity index (χ1v) is 10.8. The van der Waals surface area contributed by atoms with Crippen molar-refractivity contribution in [2.24, 2.45) is 5.10 Å². The molecule has 0 aromatic heterocycles. The van der Waals surface area contributed by atoms with Crippen LogP contribution >= 0.6 is 11.6 Å². The van der Waals surface area contributed by atoms with Gasteiger partial charge in [0.25, 0.3) is 5.91 Å². The summed E-state index contributed by atoms with van der Waals surface area (Å²) in [6.07, 6.45) is 2.19. The Morgan fingerprint density at radius 1 is 1.09 bits per heavy atom. The van der Waals surface area contributed by atoms with Crippen LogP contribution in [0.2, 0.25) is 5.02 Å². The first-order chi connectivity index (χ1) is 15.6. The van der Waals surface area contributed by atoms with Crippen LogP contribution in [0.1, 0.15) is 23.6 Å². The number of amides is 2. The molecule has 1 fully saturated rings. The zero-order chi connectivity index (χ0) is 22.1. The summed E-state index contributed by atoms with van der Waals surface area (Å²) in [6.45, 7) is 0.244. The predicted molar refractivity (Wildman–Crippen MR) is 124 cm³/mol. The average Bonchev–Trinajstić information content (AvgIpc) is 3.25. The summed E-state index contributed by atoms with van der Waals surface area (Å²) in [6, 6.07) is 21.2. The number of hydrazone groups is 1. The van der Waals surface area contributed by atoms with Gasteiger partial charge < -0.3 is 5.32 Å². The van der Waals surface area contributed by atoms with Gasteiger partial charge in [-0.05, 0) is 40.5 Å². The van der Waals surface area contributed by atoms with Crippen molar-refractivity contribution in [3.63, 3.8) is 0 Å². The van der Waals surface area contributed by atoms with Crippen molar-refractivity contribution in [2.75, 3.05) is 6.54 Å². The number of hydrazine groups is 1. The number of carbonyl (C=O) groups is 2. The molecule has 1 saturated heterocycles. The fourth-order valence-electron chi connectivity index (χ4n) is 4.20. The van der Waals surface area contributed by atoms with Gasteiger partial charge in [-0.3, -0.25) is 14.6 Å². The highest BCUT2D eigenvalue weighted by Crippen LogP contribution is 2.33. The summed E-state index contributed by atoms with van der Waals surface area (Å²) in [5, 5.41) is 13.0. The van der Waals surface area contributed by atoms with Crippen molar-refractivity contribution in [1.29, 1.82) is 0 Å². The van der Waals surface area contributed by atoms with Crippen molar-refractivity contribution in [2.45, 2.75) is 25.0 Å². The molecule has 8 heteroatoms. The smallest absolute Gasteiger partial charge is 0.267 e. The van der Waals surface area contributed by atoms with E-state index in [9.17, 15) is 9.59 Å². The normalized spacial score (nSPS) is 20.0. The molecule has 162 valence electrons. The summed E-state index contributed by atoms with van der Waals surface area (Å²) >= 11 is 5.89. The molecule has 0 radical (unpaired) electrons. The van der Waals surface area contributed by atoms with Crippen LogP contribution in [-0.2, 0) is 16.1 Å². The van der Waals surface area contributed by atoms with Crippen LogP contribution in [0.5, 0.6) is 0 Å². The SMILES string of the molecule is O=C(CN1N=CN2NC(c3cccc4ccccc34)CC2C1=O)NCc1ccc(Cl)cc1. The number of hydrogen-bond acceptors (Lipinski definition) is 5. The average molecular weight is 448 g/mol. The second kappa shape index (κ2) is 8.61. The molecule has 0 spiro atoms. The number of nitrogens with zero attached hydrogens (tertiary/aromatic N) is 3. The Morgan fingerprint density at radius 3 is 2.72 bits per heavy atom. The minimum absolute atomic E-state index is 0.0137. The monoisotopic (exact) mass is 447 g/mol. The summed E-state index contributed by atoms with van der Waals surface area (Å²) in [7, 11) is 0. The van der Waals surface area contributed by atoms with E-state index in [-0.39, 0.29) is 24.4 Å². The van der Waals surface area contributed by atoms with Gasteiger partial charge in [0.05, 0.1) is 6.04 Å². The Bertz CT molecular complexity index is 1190. The zero-order valence-corrected chi connectivity index (χ0v) is 18.0. The third kappa shape index (κ3) is 4.04. The molecule has 2 aliphatic rings. The van der Waals surface area contributed by atoms with E-state index in [0.29, 0.717) is 18.0 Å². The van der Waals surface area contributed by atoms with Crippen LogP contribution in [0.3, 0.4) is 0 Å². The van der Waals surface area contributed by atoms with Crippen LogP contribution in [0.15, 0.2) is 71.8 Å². The van der Waals surface area contributed by atoms with E-state index >= 15 is 0 Å². The third-order valence-corrected chi connectivity index (χ3v) is 6.10. The molecule has 0 bridgehead atoms. The fourth-order valence-corrected chi connectivity index (χ4v) is 4.33. The number of nitrogens with one attached hydrogen (secondary N) is 2. The Labute approximate surface area is 190 Å². The molecule has 2 atom stereocenters. The first-order valence-electron chi connectivity index (χ1n) is 10.5. The number of rotatable bonds is 5. The minimum Gasteiger partial charge on any atom is -0.350 e. The maximum atomic E-state index is 13.0. The van der Waals surface area contributed by atoms with Crippen molar-refractivity contribution in [3.05, 3.63) is 82.9 Å². The highest BCUT2D eigenvalue weighted by atomic mass is 35.5. The molecule has 0 saturated carbocycles. The van der Waals surface area contributed by atoms with Crippen LogP contribution in [0.25, 0.3) is 10.8 Å². The lowest BCUT2D eigenvalue weighted by atomic mass is 9.96. The predicted octanol–water partition coefficient (Wildman–Crippen LogP) is 3.22. The van der Waals surface area contributed by atoms with Crippen LogP contribution in [0.4, 0.5) is 0 Å². The molecular weight excluding hydrogens is 426 g/mol. The number of benzene rings is 3. The van der Waals surface area contributed by atoms with Crippen molar-refractivity contribution in [1.82, 2.24) is 20.8 Å². The van der Waals surface area contributed by atoms with Gasteiger partial charge in [0.1, 0.15) is 18.9 Å². The number of hydrogen-bond donors (Lipinski definition) is 2. The largest absolute Gasteiger partial charge is 0.350 e. The molecule has 7 nitrogen and oxygen atoms in total. The lowest BCUT2D eigenvalue weighted by Gasteiger charge is -2.29. The summed E-state index contributed by atoms with van der Waals surface area (Å²) in [5.74, 6) is -0.458. The molecule has 5 rings (SSSR count). The zero-order valence-electron chi connectivity index (χ0n) is 17.2. The summed E-state index contributed by atoms with van der Waals surface area (Å²) in [5.41, 5.74) is 5.46. The quantitative estimate of drug-likeness (QED) is 0.629. The van der Waals surface area contributed by atoms with E-state index < -0.39 is 6.04 Å². The van der Waals surface area contributed by atoms with E-state index in [4.69, 9.17) is 11.6 Å². The van der Waals surface area contributed by atoms with Crippen LogP contribution in [0, 0.1) is 0 Å². The van der Waals surface area contributed by atoms with Gasteiger partial charge in [0.15, 0.2) is 0 Å². The Morgan fingerprint density at radius 2 is 1.88 bits per heavy atom. The van der Waals surface area contributed by atoms with E-state index in [1.54, 1.807) is 23.5 Å². The van der Waals surface area contributed by atoms with Crippen LogP contribution < -0.4 is 10.7 Å². The lowest BCUT2D eigenvalue weighted by molar-refractivity contribution is -0.140. The van der Waals surface area contributed by atoms with Gasteiger partial charge in [0, 0.05) is 11.6 Å². The number of fused-ring (bicyclic) bond motifs is 2. The van der Waals surface area contributed by atoms with Crippen molar-refractivity contribution < 1.29 is 9.59 Å². The highest BCUT2D eigenvalue weighted by molar-refractivity contribution is 6.30. The second-order valence-electron chi connectivity index (χ2n) is 7.94. The molecule has 3 aromatic rings. The summed E-state index contributed by atoms with van der Waals surface area (Å²) < 4.78 is 0. The molecule has 2 aliphatic heterocycles. The highest BCUT2D eigenvalue weighted by Gasteiger charge is 2.41. The van der Waals surface area contributed by atoms with E-state index in [1.165, 1.54) is 5.01 Å². The van der Waals surface area contributed by atoms with Crippen molar-refractivity contribution >= 4 is 40.5 Å². The minimum atomic E-state index is -0.402. The van der Waals surface area contributed by atoms with Gasteiger partial charge in [0.2, 0.25) is 5.91 Å². The molecule has 32 heavy (non-hydrogen) atoms. The third-order valence-electron chi connectivity index (χ3n) is 5.85. The number of carbonyl (C=O) groups excluding carboxylic acids is 2. The van der Waals surface area contributed by atoms with E-state index in [0.717, 1.165) is 21.9 Å². The molecular formula is C24H22ClN5O2. The molecule has 2 heterocycles. The molecule has 2 amide bonds. The maximum Gasteiger partial charge on any atom is 0.267 e. The van der Waals surface area contributed by atoms with Gasteiger partial charge in [-0.15, -0.1) is 0 Å². The van der Waals surface area contributed by atoms with Crippen LogP contribution in [-0.4, -0.2) is 40.8 Å². The Balaban J connectivity index is 1.23. The molecule has 0 aliphatic carbocycles. The lowest BCUT2D eigenvalue weighted by Crippen LogP contribution is -2.52. The van der Waals surface area contributed by atoms with Gasteiger partial charge in [-0.1, -0.05) is 66.2 Å². The van der Waals surface area contributed by atoms with Crippen molar-refractivity contribution in [3.8, 4) is 0 Å². The topological polar surface area (TPSA) is 77.0 Å². The fraction of sp³-hybridized carbons (Fsp3) is 0.208. The molecule has 2 N–H and O–H groups in total. The van der Waals surface area contributed by atoms with Gasteiger partial charge in [-0.25, -0.2) is 10.4 Å². The Hall–Kier alpha value is -3.42. The maximum absolute atomic E-state index is 13.0. The van der Waals surface area contributed by atoms with Gasteiger partial charge in [-0.2, -0.15) is 5.10 Å². The van der Waals surface area contributed by atoms with E-state index in [2.05, 4.69) is 40.1 Å². The van der Waals surface area contributed by atoms with E-state index in [1.807, 2.05) is 30.3 Å². The first kappa shape index (κ1) is 20.5. The van der Waals surface area contributed by atoms with Gasteiger partial charge >= 0.3 is 0 Å². The molecule has 2 unspecified atom stereocenters. The Kier molecular flexibility index (Phi) is 5.51. The summed E-state index contributed by atoms with van der Waals surface area (Å²) in [4.78, 5) is 25.4. The molecule has 3 aromatic carbocycles. The number of halogens is 1. The second-order valence-corrected chi connectivity index (χ2v) is 8.38. The standard InChI is InChI=1S/C24H22ClN5O2/c25-18-10-8-16(9-11-18)13-26-23(31)14-29-24(32)22-12-21(28-30(22)15-27-29)20-7-3-5-17-4-1-2-6-19(17)20/h1-11,15,21-22,28H,12-14H2,(H,26,31).